The highest BCUT2D eigenvalue weighted by atomic mass is 32.2. The van der Waals surface area contributed by atoms with Crippen LogP contribution < -0.4 is 4.90 Å². The number of imide groups is 1. The van der Waals surface area contributed by atoms with Crippen molar-refractivity contribution < 1.29 is 23.2 Å². The molecule has 7 heteroatoms. The van der Waals surface area contributed by atoms with Crippen molar-refractivity contribution in [3.8, 4) is 0 Å². The Labute approximate surface area is 208 Å². The van der Waals surface area contributed by atoms with Gasteiger partial charge in [0.15, 0.2) is 5.12 Å². The second-order valence-corrected chi connectivity index (χ2v) is 11.3. The molecule has 0 aliphatic carbocycles. The highest BCUT2D eigenvalue weighted by Crippen LogP contribution is 2.32. The summed E-state index contributed by atoms with van der Waals surface area (Å²) in [6.07, 6.45) is 4.80. The quantitative estimate of drug-likeness (QED) is 0.245. The Morgan fingerprint density at radius 2 is 1.18 bits per heavy atom. The fraction of sp³-hybridized carbons (Fsp3) is 0.667. The molecule has 0 radical (unpaired) electrons. The summed E-state index contributed by atoms with van der Waals surface area (Å²) in [7, 11) is 0. The van der Waals surface area contributed by atoms with Crippen molar-refractivity contribution in [2.24, 2.45) is 17.8 Å². The molecular formula is C27H41F2NO3S. The largest absolute Gasteiger partial charge is 0.287 e. The van der Waals surface area contributed by atoms with Crippen LogP contribution in [0.15, 0.2) is 17.0 Å². The summed E-state index contributed by atoms with van der Waals surface area (Å²) >= 11 is 0.699. The number of nitrogens with zero attached hydrogens (tertiary/aromatic N) is 1. The van der Waals surface area contributed by atoms with Crippen molar-refractivity contribution in [3.63, 3.8) is 0 Å². The Balaban J connectivity index is 3.14. The molecule has 0 unspecified atom stereocenters. The minimum atomic E-state index is -0.983. The molecule has 1 aromatic rings. The molecular weight excluding hydrogens is 456 g/mol. The lowest BCUT2D eigenvalue weighted by Crippen LogP contribution is -2.37. The molecule has 1 rings (SSSR count). The summed E-state index contributed by atoms with van der Waals surface area (Å²) in [5.41, 5.74) is -0.275. The van der Waals surface area contributed by atoms with Crippen LogP contribution in [0.4, 0.5) is 14.5 Å². The average Bonchev–Trinajstić information content (AvgIpc) is 2.70. The van der Waals surface area contributed by atoms with E-state index in [1.54, 1.807) is 0 Å². The van der Waals surface area contributed by atoms with Crippen LogP contribution in [-0.2, 0) is 14.4 Å². The average molecular weight is 498 g/mol. The molecule has 2 amide bonds. The van der Waals surface area contributed by atoms with Crippen molar-refractivity contribution in [2.45, 2.75) is 104 Å². The number of carbonyl (C=O) groups is 3. The fourth-order valence-corrected chi connectivity index (χ4v) is 4.37. The first-order valence-corrected chi connectivity index (χ1v) is 13.3. The van der Waals surface area contributed by atoms with Crippen molar-refractivity contribution in [2.75, 3.05) is 4.90 Å². The summed E-state index contributed by atoms with van der Waals surface area (Å²) in [6.45, 7) is 12.3. The number of carbonyl (C=O) groups excluding carboxylic acids is 3. The van der Waals surface area contributed by atoms with Gasteiger partial charge < -0.3 is 0 Å². The molecule has 192 valence electrons. The first-order valence-electron chi connectivity index (χ1n) is 12.5. The van der Waals surface area contributed by atoms with Gasteiger partial charge in [-0.15, -0.1) is 0 Å². The number of amides is 2. The van der Waals surface area contributed by atoms with Gasteiger partial charge in [0.2, 0.25) is 11.8 Å². The van der Waals surface area contributed by atoms with Crippen LogP contribution in [0.25, 0.3) is 0 Å². The van der Waals surface area contributed by atoms with Crippen molar-refractivity contribution in [1.82, 2.24) is 0 Å². The zero-order valence-corrected chi connectivity index (χ0v) is 22.4. The van der Waals surface area contributed by atoms with Crippen molar-refractivity contribution in [1.29, 1.82) is 0 Å². The molecule has 0 aromatic heterocycles. The number of benzene rings is 1. The lowest BCUT2D eigenvalue weighted by Gasteiger charge is -2.23. The van der Waals surface area contributed by atoms with Gasteiger partial charge in [-0.05, 0) is 54.8 Å². The van der Waals surface area contributed by atoms with E-state index in [2.05, 4.69) is 13.8 Å². The van der Waals surface area contributed by atoms with Crippen LogP contribution >= 0.6 is 11.8 Å². The zero-order valence-electron chi connectivity index (χ0n) is 21.6. The first kappa shape index (κ1) is 30.3. The standard InChI is InChI=1S/C27H41F2NO3S/c1-18(2)10-7-13-25(31)30(26(32)14-8-11-19(3)4)23-17-24(22(29)16-21(23)28)34-27(33)15-9-12-20(5)6/h16-20H,7-15H2,1-6H3. The van der Waals surface area contributed by atoms with Crippen molar-refractivity contribution in [3.05, 3.63) is 23.8 Å². The third kappa shape index (κ3) is 11.1. The molecule has 0 saturated carbocycles. The Bertz CT molecular complexity index is 798. The summed E-state index contributed by atoms with van der Waals surface area (Å²) < 4.78 is 29.3. The maximum absolute atomic E-state index is 14.9. The Morgan fingerprint density at radius 3 is 1.62 bits per heavy atom. The fourth-order valence-electron chi connectivity index (χ4n) is 3.55. The molecule has 0 saturated heterocycles. The molecule has 0 atom stereocenters. The van der Waals surface area contributed by atoms with E-state index in [1.165, 1.54) is 0 Å². The molecule has 0 fully saturated rings. The number of halogens is 2. The molecule has 0 aliphatic rings. The van der Waals surface area contributed by atoms with E-state index < -0.39 is 23.4 Å². The zero-order chi connectivity index (χ0) is 25.8. The van der Waals surface area contributed by atoms with E-state index in [-0.39, 0.29) is 35.0 Å². The van der Waals surface area contributed by atoms with Crippen LogP contribution in [-0.4, -0.2) is 16.9 Å². The highest BCUT2D eigenvalue weighted by molar-refractivity contribution is 8.13. The van der Waals surface area contributed by atoms with Gasteiger partial charge >= 0.3 is 0 Å². The first-order chi connectivity index (χ1) is 15.9. The molecule has 0 N–H and O–H groups in total. The van der Waals surface area contributed by atoms with E-state index in [0.29, 0.717) is 54.8 Å². The highest BCUT2D eigenvalue weighted by Gasteiger charge is 2.27. The van der Waals surface area contributed by atoms with Crippen LogP contribution in [0.3, 0.4) is 0 Å². The summed E-state index contributed by atoms with van der Waals surface area (Å²) in [4.78, 5) is 39.2. The van der Waals surface area contributed by atoms with Gasteiger partial charge in [-0.25, -0.2) is 13.7 Å². The second-order valence-electron chi connectivity index (χ2n) is 10.2. The molecule has 4 nitrogen and oxygen atoms in total. The molecule has 0 bridgehead atoms. The lowest BCUT2D eigenvalue weighted by molar-refractivity contribution is -0.126. The number of hydrogen-bond donors (Lipinski definition) is 0. The Morgan fingerprint density at radius 1 is 0.735 bits per heavy atom. The lowest BCUT2D eigenvalue weighted by atomic mass is 10.0. The van der Waals surface area contributed by atoms with E-state index in [4.69, 9.17) is 0 Å². The van der Waals surface area contributed by atoms with E-state index >= 15 is 0 Å². The number of rotatable bonds is 14. The predicted octanol–water partition coefficient (Wildman–Crippen LogP) is 7.92. The smallest absolute Gasteiger partial charge is 0.233 e. The third-order valence-electron chi connectivity index (χ3n) is 5.47. The number of hydrogen-bond acceptors (Lipinski definition) is 4. The minimum absolute atomic E-state index is 0.0686. The normalized spacial score (nSPS) is 11.5. The molecule has 0 heterocycles. The van der Waals surface area contributed by atoms with Gasteiger partial charge in [0.25, 0.3) is 0 Å². The van der Waals surface area contributed by atoms with E-state index in [9.17, 15) is 23.2 Å². The summed E-state index contributed by atoms with van der Waals surface area (Å²) in [5.74, 6) is -1.60. The van der Waals surface area contributed by atoms with Crippen LogP contribution in [0.2, 0.25) is 0 Å². The van der Waals surface area contributed by atoms with Gasteiger partial charge in [0, 0.05) is 25.3 Å². The SMILES string of the molecule is CC(C)CCCC(=O)Sc1cc(N(C(=O)CCCC(C)C)C(=O)CCCC(C)C)c(F)cc1F. The van der Waals surface area contributed by atoms with E-state index in [1.807, 2.05) is 27.7 Å². The maximum Gasteiger partial charge on any atom is 0.233 e. The molecule has 34 heavy (non-hydrogen) atoms. The third-order valence-corrected chi connectivity index (χ3v) is 6.44. The van der Waals surface area contributed by atoms with Gasteiger partial charge in [0.05, 0.1) is 10.6 Å². The molecule has 0 aliphatic heterocycles. The summed E-state index contributed by atoms with van der Waals surface area (Å²) in [6, 6.07) is 1.80. The Hall–Kier alpha value is -1.76. The van der Waals surface area contributed by atoms with Gasteiger partial charge in [-0.2, -0.15) is 0 Å². The van der Waals surface area contributed by atoms with E-state index in [0.717, 1.165) is 30.2 Å². The van der Waals surface area contributed by atoms with Crippen LogP contribution in [0.5, 0.6) is 0 Å². The minimum Gasteiger partial charge on any atom is -0.287 e. The van der Waals surface area contributed by atoms with Gasteiger partial charge in [-0.3, -0.25) is 14.4 Å². The topological polar surface area (TPSA) is 54.5 Å². The predicted molar refractivity (Wildman–Crippen MR) is 136 cm³/mol. The molecule has 0 spiro atoms. The summed E-state index contributed by atoms with van der Waals surface area (Å²) in [5, 5.41) is -0.227. The Kier molecular flexibility index (Phi) is 13.6. The van der Waals surface area contributed by atoms with Crippen LogP contribution in [0, 0.1) is 29.4 Å². The van der Waals surface area contributed by atoms with Crippen LogP contribution in [0.1, 0.15) is 99.3 Å². The number of thioether (sulfide) groups is 1. The molecule has 1 aromatic carbocycles. The van der Waals surface area contributed by atoms with Gasteiger partial charge in [0.1, 0.15) is 11.6 Å². The number of anilines is 1. The van der Waals surface area contributed by atoms with Crippen molar-refractivity contribution >= 4 is 34.4 Å². The maximum atomic E-state index is 14.9. The monoisotopic (exact) mass is 497 g/mol. The second kappa shape index (κ2) is 15.3. The van der Waals surface area contributed by atoms with Gasteiger partial charge in [-0.1, -0.05) is 60.8 Å².